The lowest BCUT2D eigenvalue weighted by atomic mass is 9.99. The Morgan fingerprint density at radius 1 is 1.12 bits per heavy atom. The summed E-state index contributed by atoms with van der Waals surface area (Å²) < 4.78 is 28.0. The van der Waals surface area contributed by atoms with Crippen molar-refractivity contribution in [3.8, 4) is 0 Å². The maximum absolute atomic E-state index is 12.9. The Bertz CT molecular complexity index is 1190. The van der Waals surface area contributed by atoms with Gasteiger partial charge < -0.3 is 5.32 Å². The van der Waals surface area contributed by atoms with Gasteiger partial charge in [-0.3, -0.25) is 4.79 Å². The predicted molar refractivity (Wildman–Crippen MR) is 133 cm³/mol. The van der Waals surface area contributed by atoms with Crippen LogP contribution in [0.3, 0.4) is 0 Å². The molecule has 2 aromatic carbocycles. The Kier molecular flexibility index (Phi) is 8.02. The van der Waals surface area contributed by atoms with E-state index in [1.807, 2.05) is 30.3 Å². The molecule has 1 atom stereocenters. The maximum atomic E-state index is 12.9. The smallest absolute Gasteiger partial charge is 0.230 e. The van der Waals surface area contributed by atoms with E-state index in [4.69, 9.17) is 11.6 Å². The summed E-state index contributed by atoms with van der Waals surface area (Å²) in [4.78, 5) is 12.8. The number of rotatable bonds is 8. The van der Waals surface area contributed by atoms with E-state index in [2.05, 4.69) is 15.5 Å². The molecule has 2 heterocycles. The number of sulfonamides is 1. The van der Waals surface area contributed by atoms with E-state index in [1.165, 1.54) is 21.2 Å². The lowest BCUT2D eigenvalue weighted by Gasteiger charge is -2.31. The van der Waals surface area contributed by atoms with Gasteiger partial charge in [0.1, 0.15) is 0 Å². The summed E-state index contributed by atoms with van der Waals surface area (Å²) in [6, 6.07) is 16.8. The number of nitrogens with one attached hydrogen (secondary N) is 1. The summed E-state index contributed by atoms with van der Waals surface area (Å²) in [5, 5.41) is 12.0. The van der Waals surface area contributed by atoms with Crippen molar-refractivity contribution in [2.24, 2.45) is 5.92 Å². The van der Waals surface area contributed by atoms with Crippen LogP contribution in [0, 0.1) is 5.92 Å². The van der Waals surface area contributed by atoms with Gasteiger partial charge in [0, 0.05) is 23.9 Å². The number of hydrogen-bond acceptors (Lipinski definition) is 7. The van der Waals surface area contributed by atoms with E-state index in [0.717, 1.165) is 10.1 Å². The molecule has 11 heteroatoms. The fourth-order valence-electron chi connectivity index (χ4n) is 3.54. The molecule has 0 radical (unpaired) electrons. The van der Waals surface area contributed by atoms with Crippen molar-refractivity contribution >= 4 is 55.8 Å². The largest absolute Gasteiger partial charge is 0.300 e. The number of aromatic nitrogens is 2. The van der Waals surface area contributed by atoms with Crippen LogP contribution in [0.4, 0.5) is 5.13 Å². The Morgan fingerprint density at radius 2 is 1.88 bits per heavy atom. The number of thioether (sulfide) groups is 1. The van der Waals surface area contributed by atoms with E-state index >= 15 is 0 Å². The normalized spacial score (nSPS) is 17.1. The van der Waals surface area contributed by atoms with Gasteiger partial charge in [-0.2, -0.15) is 0 Å². The monoisotopic (exact) mass is 522 g/mol. The van der Waals surface area contributed by atoms with Gasteiger partial charge in [-0.1, -0.05) is 77.2 Å². The van der Waals surface area contributed by atoms with E-state index < -0.39 is 15.9 Å². The average Bonchev–Trinajstić information content (AvgIpc) is 3.27. The van der Waals surface area contributed by atoms with Gasteiger partial charge >= 0.3 is 0 Å². The number of anilines is 1. The van der Waals surface area contributed by atoms with E-state index in [9.17, 15) is 13.2 Å². The molecule has 7 nitrogen and oxygen atoms in total. The van der Waals surface area contributed by atoms with Crippen LogP contribution < -0.4 is 5.32 Å². The van der Waals surface area contributed by atoms with Crippen LogP contribution in [0.25, 0.3) is 0 Å². The van der Waals surface area contributed by atoms with Crippen LogP contribution in [-0.4, -0.2) is 41.9 Å². The molecule has 1 saturated heterocycles. The van der Waals surface area contributed by atoms with Gasteiger partial charge in [0.05, 0.1) is 11.7 Å². The van der Waals surface area contributed by atoms with Crippen LogP contribution in [0.1, 0.15) is 24.0 Å². The van der Waals surface area contributed by atoms with Gasteiger partial charge in [0.15, 0.2) is 4.34 Å². The van der Waals surface area contributed by atoms with Crippen molar-refractivity contribution in [2.45, 2.75) is 28.7 Å². The van der Waals surface area contributed by atoms with E-state index in [-0.39, 0.29) is 18.2 Å². The second-order valence-corrected chi connectivity index (χ2v) is 12.3. The minimum Gasteiger partial charge on any atom is -0.300 e. The van der Waals surface area contributed by atoms with Gasteiger partial charge in [-0.05, 0) is 36.1 Å². The number of hydrogen-bond donors (Lipinski definition) is 1. The molecule has 1 aliphatic rings. The first-order chi connectivity index (χ1) is 15.9. The summed E-state index contributed by atoms with van der Waals surface area (Å²) in [7, 11) is -3.54. The average molecular weight is 523 g/mol. The molecule has 174 valence electrons. The number of carbonyl (C=O) groups excluding carboxylic acids is 1. The first-order valence-corrected chi connectivity index (χ1v) is 14.2. The Hall–Kier alpha value is -1.98. The molecule has 4 rings (SSSR count). The number of benzene rings is 2. The third-order valence-electron chi connectivity index (χ3n) is 5.25. The van der Waals surface area contributed by atoms with Crippen molar-refractivity contribution in [1.82, 2.24) is 14.5 Å². The second-order valence-electron chi connectivity index (χ2n) is 7.72. The molecule has 0 unspecified atom stereocenters. The highest BCUT2D eigenvalue weighted by Crippen LogP contribution is 2.29. The van der Waals surface area contributed by atoms with Gasteiger partial charge in [-0.15, -0.1) is 10.2 Å². The van der Waals surface area contributed by atoms with Crippen molar-refractivity contribution in [3.05, 3.63) is 70.7 Å². The molecular weight excluding hydrogens is 500 g/mol. The van der Waals surface area contributed by atoms with Crippen LogP contribution in [0.15, 0.2) is 58.9 Å². The molecule has 0 saturated carbocycles. The molecule has 0 aliphatic carbocycles. The van der Waals surface area contributed by atoms with E-state index in [0.29, 0.717) is 35.1 Å². The standard InChI is InChI=1S/C22H23ClN4O3S3/c23-19-10-8-17(9-11-19)15-33(29,30)27-12-4-7-18(13-27)20(28)24-21-25-26-22(32-21)31-14-16-5-2-1-3-6-16/h1-3,5-6,8-11,18H,4,7,12-15H2,(H,24,25,28)/t18-/m0/s1. The topological polar surface area (TPSA) is 92.3 Å². The summed E-state index contributed by atoms with van der Waals surface area (Å²) in [6.45, 7) is 0.578. The summed E-state index contributed by atoms with van der Waals surface area (Å²) in [6.07, 6.45) is 1.26. The molecule has 3 aromatic rings. The zero-order valence-corrected chi connectivity index (χ0v) is 20.9. The van der Waals surface area contributed by atoms with Gasteiger partial charge in [0.25, 0.3) is 0 Å². The maximum Gasteiger partial charge on any atom is 0.230 e. The van der Waals surface area contributed by atoms with Crippen LogP contribution >= 0.6 is 34.7 Å². The highest BCUT2D eigenvalue weighted by atomic mass is 35.5. The third kappa shape index (κ3) is 6.77. The third-order valence-corrected chi connectivity index (χ3v) is 9.36. The highest BCUT2D eigenvalue weighted by Gasteiger charge is 2.32. The molecule has 1 aliphatic heterocycles. The molecule has 0 spiro atoms. The zero-order valence-electron chi connectivity index (χ0n) is 17.7. The van der Waals surface area contributed by atoms with Crippen LogP contribution in [0.2, 0.25) is 5.02 Å². The fourth-order valence-corrected chi connectivity index (χ4v) is 6.98. The number of carbonyl (C=O) groups is 1. The quantitative estimate of drug-likeness (QED) is 0.341. The Labute approximate surface area is 206 Å². The first-order valence-electron chi connectivity index (χ1n) is 10.4. The molecule has 1 N–H and O–H groups in total. The number of halogens is 1. The molecule has 0 bridgehead atoms. The van der Waals surface area contributed by atoms with Crippen LogP contribution in [-0.2, 0) is 26.3 Å². The Balaban J connectivity index is 1.32. The molecule has 1 amide bonds. The van der Waals surface area contributed by atoms with Gasteiger partial charge in [-0.25, -0.2) is 12.7 Å². The zero-order chi connectivity index (χ0) is 23.3. The predicted octanol–water partition coefficient (Wildman–Crippen LogP) is 4.66. The highest BCUT2D eigenvalue weighted by molar-refractivity contribution is 8.00. The lowest BCUT2D eigenvalue weighted by Crippen LogP contribution is -2.44. The minimum atomic E-state index is -3.54. The van der Waals surface area contributed by atoms with Crippen molar-refractivity contribution in [1.29, 1.82) is 0 Å². The SMILES string of the molecule is O=C(Nc1nnc(SCc2ccccc2)s1)[C@H]1CCCN(S(=O)(=O)Cc2ccc(Cl)cc2)C1. The second kappa shape index (κ2) is 11.0. The van der Waals surface area contributed by atoms with Gasteiger partial charge in [0.2, 0.25) is 21.1 Å². The molecular formula is C22H23ClN4O3S3. The number of nitrogens with zero attached hydrogens (tertiary/aromatic N) is 3. The molecule has 1 fully saturated rings. The summed E-state index contributed by atoms with van der Waals surface area (Å²) >= 11 is 8.76. The van der Waals surface area contributed by atoms with Crippen molar-refractivity contribution < 1.29 is 13.2 Å². The Morgan fingerprint density at radius 3 is 2.64 bits per heavy atom. The minimum absolute atomic E-state index is 0.114. The molecule has 33 heavy (non-hydrogen) atoms. The van der Waals surface area contributed by atoms with Crippen molar-refractivity contribution in [3.63, 3.8) is 0 Å². The van der Waals surface area contributed by atoms with Crippen molar-refractivity contribution in [2.75, 3.05) is 18.4 Å². The summed E-state index contributed by atoms with van der Waals surface area (Å²) in [5.41, 5.74) is 1.85. The molecule has 1 aromatic heterocycles. The number of piperidine rings is 1. The lowest BCUT2D eigenvalue weighted by molar-refractivity contribution is -0.120. The first kappa shape index (κ1) is 24.2. The fraction of sp³-hybridized carbons (Fsp3) is 0.318. The van der Waals surface area contributed by atoms with Crippen LogP contribution in [0.5, 0.6) is 0 Å². The van der Waals surface area contributed by atoms with E-state index in [1.54, 1.807) is 36.0 Å². The summed E-state index contributed by atoms with van der Waals surface area (Å²) in [5.74, 6) is 0.00356. The number of amides is 1.